The van der Waals surface area contributed by atoms with Crippen molar-refractivity contribution in [3.8, 4) is 5.75 Å². The first-order valence-electron chi connectivity index (χ1n) is 13.1. The summed E-state index contributed by atoms with van der Waals surface area (Å²) in [7, 11) is 0. The van der Waals surface area contributed by atoms with Crippen LogP contribution in [0.25, 0.3) is 0 Å². The van der Waals surface area contributed by atoms with Gasteiger partial charge in [0.05, 0.1) is 30.8 Å². The standard InChI is InChI=1S/C30H33F2N3O6/c1-18-21(12-7-13-23(18)36)26(38)34-22(15-19-9-5-4-6-10-19)24(37)28(40)35-17-30(31,32)29(2,3)25(35)27(39)33-16-20-11-8-14-41-20/h4-14,22,24-25,36-37H,15-17H2,1-3H3,(H,33,39)(H,34,38)/t22-,24-,25+/m0/s1. The van der Waals surface area contributed by atoms with E-state index in [0.29, 0.717) is 21.8 Å². The molecule has 3 aromatic rings. The van der Waals surface area contributed by atoms with E-state index in [2.05, 4.69) is 10.6 Å². The number of alkyl halides is 2. The fraction of sp³-hybridized carbons (Fsp3) is 0.367. The average molecular weight is 570 g/mol. The molecule has 4 N–H and O–H groups in total. The number of aromatic hydroxyl groups is 1. The Morgan fingerprint density at radius 1 is 1.07 bits per heavy atom. The number of nitrogens with one attached hydrogen (secondary N) is 2. The van der Waals surface area contributed by atoms with Crippen LogP contribution in [0, 0.1) is 12.3 Å². The maximum atomic E-state index is 15.2. The van der Waals surface area contributed by atoms with Gasteiger partial charge in [-0.05, 0) is 43.2 Å². The molecule has 1 aliphatic heterocycles. The largest absolute Gasteiger partial charge is 0.508 e. The van der Waals surface area contributed by atoms with Crippen LogP contribution < -0.4 is 10.6 Å². The van der Waals surface area contributed by atoms with Crippen LogP contribution in [0.5, 0.6) is 5.75 Å². The maximum Gasteiger partial charge on any atom is 0.272 e. The minimum absolute atomic E-state index is 0.0136. The monoisotopic (exact) mass is 569 g/mol. The van der Waals surface area contributed by atoms with Crippen molar-refractivity contribution in [2.45, 2.75) is 57.8 Å². The van der Waals surface area contributed by atoms with Crippen molar-refractivity contribution in [1.29, 1.82) is 0 Å². The van der Waals surface area contributed by atoms with Gasteiger partial charge in [-0.1, -0.05) is 50.2 Å². The minimum Gasteiger partial charge on any atom is -0.508 e. The van der Waals surface area contributed by atoms with E-state index in [9.17, 15) is 24.6 Å². The van der Waals surface area contributed by atoms with Crippen molar-refractivity contribution in [2.24, 2.45) is 5.41 Å². The number of benzene rings is 2. The Balaban J connectivity index is 1.62. The molecule has 1 fully saturated rings. The molecular formula is C30H33F2N3O6. The zero-order valence-corrected chi connectivity index (χ0v) is 22.9. The normalized spacial score (nSPS) is 18.9. The number of aliphatic hydroxyl groups is 1. The molecule has 1 saturated heterocycles. The van der Waals surface area contributed by atoms with Crippen LogP contribution in [0.3, 0.4) is 0 Å². The Morgan fingerprint density at radius 3 is 2.44 bits per heavy atom. The number of carbonyl (C=O) groups is 3. The number of likely N-dealkylation sites (tertiary alicyclic amines) is 1. The second-order valence-corrected chi connectivity index (χ2v) is 10.8. The van der Waals surface area contributed by atoms with Gasteiger partial charge >= 0.3 is 0 Å². The molecule has 9 nitrogen and oxygen atoms in total. The molecule has 3 atom stereocenters. The predicted octanol–water partition coefficient (Wildman–Crippen LogP) is 3.18. The third-order valence-corrected chi connectivity index (χ3v) is 7.65. The van der Waals surface area contributed by atoms with Gasteiger partial charge in [-0.15, -0.1) is 0 Å². The predicted molar refractivity (Wildman–Crippen MR) is 145 cm³/mol. The number of furan rings is 1. The van der Waals surface area contributed by atoms with Crippen LogP contribution in [0.1, 0.15) is 41.1 Å². The highest BCUT2D eigenvalue weighted by molar-refractivity contribution is 5.97. The van der Waals surface area contributed by atoms with Gasteiger partial charge < -0.3 is 30.2 Å². The van der Waals surface area contributed by atoms with E-state index in [-0.39, 0.29) is 24.3 Å². The zero-order valence-electron chi connectivity index (χ0n) is 22.9. The molecule has 0 radical (unpaired) electrons. The summed E-state index contributed by atoms with van der Waals surface area (Å²) in [4.78, 5) is 40.8. The summed E-state index contributed by atoms with van der Waals surface area (Å²) >= 11 is 0. The summed E-state index contributed by atoms with van der Waals surface area (Å²) in [6.45, 7) is 2.75. The molecule has 3 amide bonds. The van der Waals surface area contributed by atoms with E-state index in [1.165, 1.54) is 38.3 Å². The summed E-state index contributed by atoms with van der Waals surface area (Å²) in [5.74, 6) is -5.80. The van der Waals surface area contributed by atoms with Gasteiger partial charge in [-0.2, -0.15) is 0 Å². The van der Waals surface area contributed by atoms with Crippen LogP contribution in [0.15, 0.2) is 71.3 Å². The second-order valence-electron chi connectivity index (χ2n) is 10.8. The number of halogens is 2. The average Bonchev–Trinajstić information content (AvgIpc) is 3.52. The van der Waals surface area contributed by atoms with Crippen molar-refractivity contribution in [3.63, 3.8) is 0 Å². The van der Waals surface area contributed by atoms with Gasteiger partial charge in [0, 0.05) is 11.1 Å². The molecule has 2 heterocycles. The molecule has 4 rings (SSSR count). The fourth-order valence-corrected chi connectivity index (χ4v) is 5.02. The molecule has 1 aromatic heterocycles. The molecule has 11 heteroatoms. The van der Waals surface area contributed by atoms with Crippen LogP contribution in [0.2, 0.25) is 0 Å². The number of phenolic OH excluding ortho intramolecular Hbond substituents is 1. The van der Waals surface area contributed by atoms with E-state index < -0.39 is 53.8 Å². The van der Waals surface area contributed by atoms with Gasteiger partial charge in [0.15, 0.2) is 6.10 Å². The molecule has 0 bridgehead atoms. The summed E-state index contributed by atoms with van der Waals surface area (Å²) in [5.41, 5.74) is -0.894. The molecule has 2 aromatic carbocycles. The number of amides is 3. The summed E-state index contributed by atoms with van der Waals surface area (Å²) in [6.07, 6.45) is -0.580. The minimum atomic E-state index is -3.45. The smallest absolute Gasteiger partial charge is 0.272 e. The topological polar surface area (TPSA) is 132 Å². The van der Waals surface area contributed by atoms with Crippen LogP contribution in [-0.2, 0) is 22.6 Å². The summed E-state index contributed by atoms with van der Waals surface area (Å²) in [6, 6.07) is 13.4. The first-order chi connectivity index (χ1) is 19.3. The Labute approximate surface area is 236 Å². The molecule has 41 heavy (non-hydrogen) atoms. The van der Waals surface area contributed by atoms with Gasteiger partial charge in [-0.3, -0.25) is 14.4 Å². The lowest BCUT2D eigenvalue weighted by atomic mass is 9.81. The Morgan fingerprint density at radius 2 is 1.78 bits per heavy atom. The highest BCUT2D eigenvalue weighted by Crippen LogP contribution is 2.48. The Bertz CT molecular complexity index is 1390. The fourth-order valence-electron chi connectivity index (χ4n) is 5.02. The highest BCUT2D eigenvalue weighted by Gasteiger charge is 2.64. The molecule has 0 aliphatic carbocycles. The van der Waals surface area contributed by atoms with Crippen molar-refractivity contribution < 1.29 is 37.8 Å². The highest BCUT2D eigenvalue weighted by atomic mass is 19.3. The van der Waals surface area contributed by atoms with Gasteiger partial charge in [0.2, 0.25) is 5.91 Å². The van der Waals surface area contributed by atoms with E-state index in [1.54, 1.807) is 49.4 Å². The number of carbonyl (C=O) groups excluding carboxylic acids is 3. The SMILES string of the molecule is Cc1c(O)cccc1C(=O)N[C@@H](Cc1ccccc1)[C@H](O)C(=O)N1CC(F)(F)C(C)(C)[C@H]1C(=O)NCc1ccco1. The van der Waals surface area contributed by atoms with Crippen molar-refractivity contribution >= 4 is 17.7 Å². The van der Waals surface area contributed by atoms with Crippen LogP contribution >= 0.6 is 0 Å². The number of hydrogen-bond acceptors (Lipinski definition) is 6. The second kappa shape index (κ2) is 11.7. The van der Waals surface area contributed by atoms with Gasteiger partial charge in [0.25, 0.3) is 17.7 Å². The molecule has 0 saturated carbocycles. The Kier molecular flexibility index (Phi) is 8.48. The molecule has 218 valence electrons. The summed E-state index contributed by atoms with van der Waals surface area (Å²) < 4.78 is 35.6. The lowest BCUT2D eigenvalue weighted by molar-refractivity contribution is -0.148. The number of rotatable bonds is 9. The van der Waals surface area contributed by atoms with E-state index in [1.807, 2.05) is 0 Å². The molecule has 0 spiro atoms. The van der Waals surface area contributed by atoms with Gasteiger partial charge in [0.1, 0.15) is 17.6 Å². The van der Waals surface area contributed by atoms with E-state index >= 15 is 8.78 Å². The summed E-state index contributed by atoms with van der Waals surface area (Å²) in [5, 5.41) is 26.5. The molecular weight excluding hydrogens is 536 g/mol. The Hall–Kier alpha value is -4.25. The van der Waals surface area contributed by atoms with Crippen molar-refractivity contribution in [3.05, 3.63) is 89.4 Å². The van der Waals surface area contributed by atoms with Crippen LogP contribution in [0.4, 0.5) is 8.78 Å². The van der Waals surface area contributed by atoms with Gasteiger partial charge in [-0.25, -0.2) is 8.78 Å². The maximum absolute atomic E-state index is 15.2. The van der Waals surface area contributed by atoms with Crippen molar-refractivity contribution in [1.82, 2.24) is 15.5 Å². The zero-order chi connectivity index (χ0) is 29.9. The van der Waals surface area contributed by atoms with E-state index in [4.69, 9.17) is 4.42 Å². The van der Waals surface area contributed by atoms with Crippen LogP contribution in [-0.4, -0.2) is 63.5 Å². The molecule has 1 aliphatic rings. The van der Waals surface area contributed by atoms with E-state index in [0.717, 1.165) is 0 Å². The first kappa shape index (κ1) is 29.7. The first-order valence-corrected chi connectivity index (χ1v) is 13.1. The third kappa shape index (κ3) is 6.09. The number of nitrogens with zero attached hydrogens (tertiary/aromatic N) is 1. The molecule has 0 unspecified atom stereocenters. The lowest BCUT2D eigenvalue weighted by Gasteiger charge is -2.34. The number of hydrogen-bond donors (Lipinski definition) is 4. The quantitative estimate of drug-likeness (QED) is 0.313. The third-order valence-electron chi connectivity index (χ3n) is 7.65. The lowest BCUT2D eigenvalue weighted by Crippen LogP contribution is -2.57. The number of phenols is 1. The van der Waals surface area contributed by atoms with Crippen molar-refractivity contribution in [2.75, 3.05) is 6.54 Å². The number of aliphatic hydroxyl groups excluding tert-OH is 1.